The van der Waals surface area contributed by atoms with Crippen LogP contribution in [-0.4, -0.2) is 23.1 Å². The average molecular weight is 247 g/mol. The van der Waals surface area contributed by atoms with Crippen LogP contribution < -0.4 is 16.2 Å². The molecular formula is C13H21N5. The summed E-state index contributed by atoms with van der Waals surface area (Å²) in [6, 6.07) is 1.96. The minimum atomic E-state index is 0.703. The first-order valence-corrected chi connectivity index (χ1v) is 6.82. The SMILES string of the molecule is Cc1nc(NN)cc(N(CC2CC2)CC2CC2)n1. The normalized spacial score (nSPS) is 18.8. The van der Waals surface area contributed by atoms with E-state index < -0.39 is 0 Å². The molecule has 98 valence electrons. The van der Waals surface area contributed by atoms with Crippen molar-refractivity contribution in [2.24, 2.45) is 17.7 Å². The summed E-state index contributed by atoms with van der Waals surface area (Å²) in [4.78, 5) is 11.2. The van der Waals surface area contributed by atoms with Crippen LogP contribution in [0.25, 0.3) is 0 Å². The predicted octanol–water partition coefficient (Wildman–Crippen LogP) is 1.70. The standard InChI is InChI=1S/C13H21N5/c1-9-15-12(17-14)6-13(16-9)18(7-10-2-3-10)8-11-4-5-11/h6,10-11H,2-5,7-8,14H2,1H3,(H,15,16,17). The van der Waals surface area contributed by atoms with E-state index in [1.165, 1.54) is 25.7 Å². The Bertz CT molecular complexity index is 411. The largest absolute Gasteiger partial charge is 0.356 e. The van der Waals surface area contributed by atoms with E-state index in [0.29, 0.717) is 5.82 Å². The van der Waals surface area contributed by atoms with E-state index in [-0.39, 0.29) is 0 Å². The summed E-state index contributed by atoms with van der Waals surface area (Å²) in [6.45, 7) is 4.19. The molecule has 2 saturated carbocycles. The number of hydrazine groups is 1. The predicted molar refractivity (Wildman–Crippen MR) is 72.2 cm³/mol. The molecule has 0 aromatic carbocycles. The maximum Gasteiger partial charge on any atom is 0.145 e. The maximum atomic E-state index is 5.46. The number of anilines is 2. The van der Waals surface area contributed by atoms with E-state index >= 15 is 0 Å². The first-order chi connectivity index (χ1) is 8.74. The third kappa shape index (κ3) is 2.90. The molecule has 0 saturated heterocycles. The third-order valence-electron chi connectivity index (χ3n) is 3.65. The van der Waals surface area contributed by atoms with Gasteiger partial charge in [0.25, 0.3) is 0 Å². The molecule has 0 unspecified atom stereocenters. The summed E-state index contributed by atoms with van der Waals surface area (Å²) in [6.07, 6.45) is 5.47. The van der Waals surface area contributed by atoms with Crippen molar-refractivity contribution in [2.45, 2.75) is 32.6 Å². The van der Waals surface area contributed by atoms with E-state index in [9.17, 15) is 0 Å². The lowest BCUT2D eigenvalue weighted by Gasteiger charge is -2.24. The molecule has 18 heavy (non-hydrogen) atoms. The zero-order chi connectivity index (χ0) is 12.5. The van der Waals surface area contributed by atoms with Gasteiger partial charge in [-0.1, -0.05) is 0 Å². The fraction of sp³-hybridized carbons (Fsp3) is 0.692. The van der Waals surface area contributed by atoms with Crippen LogP contribution >= 0.6 is 0 Å². The molecule has 2 aliphatic rings. The Morgan fingerprint density at radius 3 is 2.33 bits per heavy atom. The number of nitrogens with zero attached hydrogens (tertiary/aromatic N) is 3. The van der Waals surface area contributed by atoms with Gasteiger partial charge in [-0.25, -0.2) is 15.8 Å². The Kier molecular flexibility index (Phi) is 3.07. The Morgan fingerprint density at radius 2 is 1.83 bits per heavy atom. The molecule has 1 heterocycles. The van der Waals surface area contributed by atoms with Gasteiger partial charge in [0.15, 0.2) is 0 Å². The van der Waals surface area contributed by atoms with Gasteiger partial charge in [-0.2, -0.15) is 0 Å². The molecule has 5 nitrogen and oxygen atoms in total. The molecule has 1 aromatic rings. The van der Waals surface area contributed by atoms with Crippen molar-refractivity contribution in [3.05, 3.63) is 11.9 Å². The fourth-order valence-corrected chi connectivity index (χ4v) is 2.27. The van der Waals surface area contributed by atoms with Gasteiger partial charge in [-0.05, 0) is 44.4 Å². The number of nitrogen functional groups attached to an aromatic ring is 1. The van der Waals surface area contributed by atoms with Crippen LogP contribution in [0.2, 0.25) is 0 Å². The summed E-state index contributed by atoms with van der Waals surface area (Å²) in [5.41, 5.74) is 2.62. The molecule has 3 rings (SSSR count). The van der Waals surface area contributed by atoms with Crippen molar-refractivity contribution in [2.75, 3.05) is 23.4 Å². The average Bonchev–Trinajstić information content (AvgIpc) is 3.22. The number of aryl methyl sites for hydroxylation is 1. The lowest BCUT2D eigenvalue weighted by molar-refractivity contribution is 0.669. The monoisotopic (exact) mass is 247 g/mol. The number of rotatable bonds is 6. The topological polar surface area (TPSA) is 67.1 Å². The molecule has 2 aliphatic carbocycles. The molecule has 3 N–H and O–H groups in total. The second kappa shape index (κ2) is 4.72. The summed E-state index contributed by atoms with van der Waals surface area (Å²) < 4.78 is 0. The van der Waals surface area contributed by atoms with Gasteiger partial charge >= 0.3 is 0 Å². The van der Waals surface area contributed by atoms with Gasteiger partial charge in [0.2, 0.25) is 0 Å². The lowest BCUT2D eigenvalue weighted by Crippen LogP contribution is -2.29. The molecule has 0 bridgehead atoms. The minimum absolute atomic E-state index is 0.703. The van der Waals surface area contributed by atoms with Gasteiger partial charge in [0, 0.05) is 19.2 Å². The number of aromatic nitrogens is 2. The van der Waals surface area contributed by atoms with Crippen molar-refractivity contribution >= 4 is 11.6 Å². The van der Waals surface area contributed by atoms with Gasteiger partial charge in [-0.3, -0.25) is 0 Å². The van der Waals surface area contributed by atoms with Crippen LogP contribution in [0.4, 0.5) is 11.6 Å². The first kappa shape index (κ1) is 11.7. The Labute approximate surface area is 108 Å². The number of nitrogens with one attached hydrogen (secondary N) is 1. The van der Waals surface area contributed by atoms with Crippen LogP contribution in [0.1, 0.15) is 31.5 Å². The molecule has 2 fully saturated rings. The lowest BCUT2D eigenvalue weighted by atomic mass is 10.3. The van der Waals surface area contributed by atoms with Crippen molar-refractivity contribution < 1.29 is 0 Å². The van der Waals surface area contributed by atoms with Crippen molar-refractivity contribution in [1.82, 2.24) is 9.97 Å². The van der Waals surface area contributed by atoms with E-state index in [1.54, 1.807) is 0 Å². The molecule has 0 atom stereocenters. The zero-order valence-corrected chi connectivity index (χ0v) is 10.9. The summed E-state index contributed by atoms with van der Waals surface area (Å²) >= 11 is 0. The number of nitrogens with two attached hydrogens (primary N) is 1. The van der Waals surface area contributed by atoms with Gasteiger partial charge in [0.05, 0.1) is 0 Å². The van der Waals surface area contributed by atoms with Crippen molar-refractivity contribution in [3.63, 3.8) is 0 Å². The molecule has 0 amide bonds. The highest BCUT2D eigenvalue weighted by Gasteiger charge is 2.30. The number of hydrogen-bond donors (Lipinski definition) is 2. The molecule has 1 aromatic heterocycles. The van der Waals surface area contributed by atoms with Crippen LogP contribution in [0, 0.1) is 18.8 Å². The van der Waals surface area contributed by atoms with E-state index in [1.807, 2.05) is 13.0 Å². The Hall–Kier alpha value is -1.36. The Balaban J connectivity index is 1.79. The van der Waals surface area contributed by atoms with Gasteiger partial charge in [-0.15, -0.1) is 0 Å². The van der Waals surface area contributed by atoms with Crippen LogP contribution in [0.5, 0.6) is 0 Å². The highest BCUT2D eigenvalue weighted by molar-refractivity contribution is 5.49. The summed E-state index contributed by atoms with van der Waals surface area (Å²) in [7, 11) is 0. The second-order valence-corrected chi connectivity index (χ2v) is 5.59. The molecule has 0 radical (unpaired) electrons. The van der Waals surface area contributed by atoms with Crippen molar-refractivity contribution in [1.29, 1.82) is 0 Å². The smallest absolute Gasteiger partial charge is 0.145 e. The molecule has 0 aliphatic heterocycles. The molecule has 0 spiro atoms. The van der Waals surface area contributed by atoms with Crippen LogP contribution in [-0.2, 0) is 0 Å². The maximum absolute atomic E-state index is 5.46. The quantitative estimate of drug-likeness (QED) is 0.591. The van der Waals surface area contributed by atoms with Gasteiger partial charge < -0.3 is 10.3 Å². The summed E-state index contributed by atoms with van der Waals surface area (Å²) in [5, 5.41) is 0. The highest BCUT2D eigenvalue weighted by atomic mass is 15.3. The molecule has 5 heteroatoms. The first-order valence-electron chi connectivity index (χ1n) is 6.82. The van der Waals surface area contributed by atoms with Crippen LogP contribution in [0.3, 0.4) is 0 Å². The van der Waals surface area contributed by atoms with Crippen molar-refractivity contribution in [3.8, 4) is 0 Å². The summed E-state index contributed by atoms with van der Waals surface area (Å²) in [5.74, 6) is 9.69. The van der Waals surface area contributed by atoms with Gasteiger partial charge in [0.1, 0.15) is 17.5 Å². The van der Waals surface area contributed by atoms with E-state index in [2.05, 4.69) is 20.3 Å². The fourth-order valence-electron chi connectivity index (χ4n) is 2.27. The Morgan fingerprint density at radius 1 is 1.22 bits per heavy atom. The second-order valence-electron chi connectivity index (χ2n) is 5.59. The highest BCUT2D eigenvalue weighted by Crippen LogP contribution is 2.35. The van der Waals surface area contributed by atoms with E-state index in [0.717, 1.165) is 36.6 Å². The van der Waals surface area contributed by atoms with E-state index in [4.69, 9.17) is 5.84 Å². The molecular weight excluding hydrogens is 226 g/mol. The third-order valence-corrected chi connectivity index (χ3v) is 3.65. The zero-order valence-electron chi connectivity index (χ0n) is 10.9. The number of hydrogen-bond acceptors (Lipinski definition) is 5. The minimum Gasteiger partial charge on any atom is -0.356 e. The van der Waals surface area contributed by atoms with Crippen LogP contribution in [0.15, 0.2) is 6.07 Å².